The van der Waals surface area contributed by atoms with Crippen molar-refractivity contribution in [2.45, 2.75) is 45.1 Å². The van der Waals surface area contributed by atoms with Gasteiger partial charge in [-0.05, 0) is 44.2 Å². The summed E-state index contributed by atoms with van der Waals surface area (Å²) in [5, 5.41) is 3.00. The van der Waals surface area contributed by atoms with Gasteiger partial charge in [-0.15, -0.1) is 0 Å². The van der Waals surface area contributed by atoms with Gasteiger partial charge < -0.3 is 10.2 Å². The highest BCUT2D eigenvalue weighted by Crippen LogP contribution is 2.21. The summed E-state index contributed by atoms with van der Waals surface area (Å²) >= 11 is 0. The minimum atomic E-state index is -0.235. The van der Waals surface area contributed by atoms with Gasteiger partial charge in [0, 0.05) is 25.7 Å². The molecule has 2 heterocycles. The molecule has 3 rings (SSSR count). The zero-order valence-corrected chi connectivity index (χ0v) is 14.0. The van der Waals surface area contributed by atoms with Gasteiger partial charge in [-0.1, -0.05) is 17.7 Å². The molecule has 5 heteroatoms. The van der Waals surface area contributed by atoms with Gasteiger partial charge in [0.2, 0.25) is 11.8 Å². The van der Waals surface area contributed by atoms with E-state index in [0.717, 1.165) is 18.5 Å². The molecule has 2 amide bonds. The van der Waals surface area contributed by atoms with Crippen LogP contribution in [0.2, 0.25) is 0 Å². The highest BCUT2D eigenvalue weighted by Gasteiger charge is 2.34. The zero-order valence-electron chi connectivity index (χ0n) is 14.0. The van der Waals surface area contributed by atoms with Gasteiger partial charge >= 0.3 is 0 Å². The highest BCUT2D eigenvalue weighted by molar-refractivity contribution is 5.89. The van der Waals surface area contributed by atoms with Crippen LogP contribution in [0.25, 0.3) is 0 Å². The fourth-order valence-electron chi connectivity index (χ4n) is 3.41. The highest BCUT2D eigenvalue weighted by atomic mass is 16.2. The van der Waals surface area contributed by atoms with E-state index in [0.29, 0.717) is 26.1 Å². The normalized spacial score (nSPS) is 20.8. The SMILES string of the molecule is O=C(NCCC1=CCCCC1)[C@@H]1CC(=O)N(Cc2ccccn2)C1. The third-order valence-corrected chi connectivity index (χ3v) is 4.79. The van der Waals surface area contributed by atoms with Crippen molar-refractivity contribution in [1.82, 2.24) is 15.2 Å². The van der Waals surface area contributed by atoms with Crippen LogP contribution in [0.3, 0.4) is 0 Å². The second kappa shape index (κ2) is 8.08. The first kappa shape index (κ1) is 16.7. The van der Waals surface area contributed by atoms with Crippen molar-refractivity contribution in [3.8, 4) is 0 Å². The van der Waals surface area contributed by atoms with E-state index in [1.54, 1.807) is 11.1 Å². The van der Waals surface area contributed by atoms with Crippen LogP contribution in [0.5, 0.6) is 0 Å². The fourth-order valence-corrected chi connectivity index (χ4v) is 3.41. The summed E-state index contributed by atoms with van der Waals surface area (Å²) in [6, 6.07) is 5.67. The van der Waals surface area contributed by atoms with Crippen molar-refractivity contribution in [2.24, 2.45) is 5.92 Å². The van der Waals surface area contributed by atoms with Gasteiger partial charge in [-0.25, -0.2) is 0 Å². The van der Waals surface area contributed by atoms with Crippen LogP contribution in [0.1, 0.15) is 44.2 Å². The van der Waals surface area contributed by atoms with Crippen molar-refractivity contribution in [3.63, 3.8) is 0 Å². The lowest BCUT2D eigenvalue weighted by Crippen LogP contribution is -2.33. The number of carbonyl (C=O) groups is 2. The van der Waals surface area contributed by atoms with E-state index in [1.165, 1.54) is 24.8 Å². The molecule has 0 aromatic carbocycles. The van der Waals surface area contributed by atoms with E-state index in [9.17, 15) is 9.59 Å². The number of amides is 2. The first-order valence-electron chi connectivity index (χ1n) is 8.85. The maximum Gasteiger partial charge on any atom is 0.225 e. The third kappa shape index (κ3) is 4.43. The molecule has 1 aliphatic heterocycles. The molecular formula is C19H25N3O2. The molecule has 2 aliphatic rings. The number of nitrogens with one attached hydrogen (secondary N) is 1. The molecule has 0 saturated carbocycles. The number of likely N-dealkylation sites (tertiary alicyclic amines) is 1. The first-order chi connectivity index (χ1) is 11.7. The van der Waals surface area contributed by atoms with Crippen molar-refractivity contribution >= 4 is 11.8 Å². The predicted molar refractivity (Wildman–Crippen MR) is 91.9 cm³/mol. The number of carbonyl (C=O) groups excluding carboxylic acids is 2. The van der Waals surface area contributed by atoms with E-state index in [2.05, 4.69) is 16.4 Å². The average molecular weight is 327 g/mol. The van der Waals surface area contributed by atoms with E-state index in [-0.39, 0.29) is 17.7 Å². The Morgan fingerprint density at radius 1 is 1.33 bits per heavy atom. The van der Waals surface area contributed by atoms with Gasteiger partial charge in [0.1, 0.15) is 0 Å². The van der Waals surface area contributed by atoms with Crippen molar-refractivity contribution < 1.29 is 9.59 Å². The molecule has 24 heavy (non-hydrogen) atoms. The molecule has 0 unspecified atom stereocenters. The van der Waals surface area contributed by atoms with Crippen LogP contribution in [-0.4, -0.2) is 34.8 Å². The number of hydrogen-bond donors (Lipinski definition) is 1. The van der Waals surface area contributed by atoms with Crippen molar-refractivity contribution in [2.75, 3.05) is 13.1 Å². The summed E-state index contributed by atoms with van der Waals surface area (Å²) in [4.78, 5) is 30.4. The van der Waals surface area contributed by atoms with E-state index in [4.69, 9.17) is 0 Å². The molecule has 1 atom stereocenters. The minimum Gasteiger partial charge on any atom is -0.355 e. The summed E-state index contributed by atoms with van der Waals surface area (Å²) in [5.41, 5.74) is 2.32. The quantitative estimate of drug-likeness (QED) is 0.816. The van der Waals surface area contributed by atoms with Crippen LogP contribution in [0.4, 0.5) is 0 Å². The maximum atomic E-state index is 12.3. The Bertz CT molecular complexity index is 612. The Labute approximate surface area is 143 Å². The number of allylic oxidation sites excluding steroid dienone is 1. The van der Waals surface area contributed by atoms with Gasteiger partial charge in [-0.2, -0.15) is 0 Å². The summed E-state index contributed by atoms with van der Waals surface area (Å²) in [6.07, 6.45) is 10.2. The lowest BCUT2D eigenvalue weighted by Gasteiger charge is -2.16. The molecule has 1 aliphatic carbocycles. The minimum absolute atomic E-state index is 0.00304. The molecule has 1 aromatic rings. The molecule has 128 valence electrons. The van der Waals surface area contributed by atoms with Gasteiger partial charge in [0.15, 0.2) is 0 Å². The second-order valence-electron chi connectivity index (χ2n) is 6.65. The third-order valence-electron chi connectivity index (χ3n) is 4.79. The van der Waals surface area contributed by atoms with Gasteiger partial charge in [0.25, 0.3) is 0 Å². The second-order valence-corrected chi connectivity index (χ2v) is 6.65. The zero-order chi connectivity index (χ0) is 16.8. The van der Waals surface area contributed by atoms with Crippen LogP contribution < -0.4 is 5.32 Å². The molecule has 1 N–H and O–H groups in total. The number of nitrogens with zero attached hydrogens (tertiary/aromatic N) is 2. The largest absolute Gasteiger partial charge is 0.355 e. The van der Waals surface area contributed by atoms with E-state index < -0.39 is 0 Å². The standard InChI is InChI=1S/C19H25N3O2/c23-18-12-16(13-22(18)14-17-8-4-5-10-20-17)19(24)21-11-9-15-6-2-1-3-7-15/h4-6,8,10,16H,1-3,7,9,11-14H2,(H,21,24)/t16-/m1/s1. The number of aromatic nitrogens is 1. The molecule has 0 radical (unpaired) electrons. The Morgan fingerprint density at radius 3 is 3.00 bits per heavy atom. The monoisotopic (exact) mass is 327 g/mol. The molecule has 1 aromatic heterocycles. The number of pyridine rings is 1. The van der Waals surface area contributed by atoms with Crippen molar-refractivity contribution in [3.05, 3.63) is 41.7 Å². The first-order valence-corrected chi connectivity index (χ1v) is 8.85. The molecular weight excluding hydrogens is 302 g/mol. The Balaban J connectivity index is 1.44. The topological polar surface area (TPSA) is 62.3 Å². The van der Waals surface area contributed by atoms with Crippen LogP contribution in [0.15, 0.2) is 36.0 Å². The molecule has 0 spiro atoms. The predicted octanol–water partition coefficient (Wildman–Crippen LogP) is 2.44. The van der Waals surface area contributed by atoms with Gasteiger partial charge in [-0.3, -0.25) is 14.6 Å². The summed E-state index contributed by atoms with van der Waals surface area (Å²) in [6.45, 7) is 1.65. The maximum absolute atomic E-state index is 12.3. The average Bonchev–Trinajstić information content (AvgIpc) is 2.97. The van der Waals surface area contributed by atoms with Crippen LogP contribution in [-0.2, 0) is 16.1 Å². The van der Waals surface area contributed by atoms with Crippen LogP contribution in [0, 0.1) is 5.92 Å². The van der Waals surface area contributed by atoms with Gasteiger partial charge in [0.05, 0.1) is 18.2 Å². The fraction of sp³-hybridized carbons (Fsp3) is 0.526. The van der Waals surface area contributed by atoms with E-state index >= 15 is 0 Å². The molecule has 1 saturated heterocycles. The lowest BCUT2D eigenvalue weighted by molar-refractivity contribution is -0.129. The Kier molecular flexibility index (Phi) is 5.62. The number of rotatable bonds is 6. The summed E-state index contributed by atoms with van der Waals surface area (Å²) in [5.74, 6) is -0.194. The number of hydrogen-bond acceptors (Lipinski definition) is 3. The molecule has 0 bridgehead atoms. The smallest absolute Gasteiger partial charge is 0.225 e. The summed E-state index contributed by atoms with van der Waals surface area (Å²) in [7, 11) is 0. The molecule has 5 nitrogen and oxygen atoms in total. The Morgan fingerprint density at radius 2 is 2.25 bits per heavy atom. The summed E-state index contributed by atoms with van der Waals surface area (Å²) < 4.78 is 0. The van der Waals surface area contributed by atoms with Crippen molar-refractivity contribution in [1.29, 1.82) is 0 Å². The van der Waals surface area contributed by atoms with Crippen LogP contribution >= 0.6 is 0 Å². The van der Waals surface area contributed by atoms with E-state index in [1.807, 2.05) is 18.2 Å². The Hall–Kier alpha value is -2.17. The molecule has 1 fully saturated rings. The lowest BCUT2D eigenvalue weighted by atomic mass is 9.97.